The van der Waals surface area contributed by atoms with Gasteiger partial charge in [0.1, 0.15) is 18.1 Å². The molecular formula is C26H27N3O5. The Kier molecular flexibility index (Phi) is 6.87. The van der Waals surface area contributed by atoms with Gasteiger partial charge in [-0.05, 0) is 29.8 Å². The van der Waals surface area contributed by atoms with Crippen molar-refractivity contribution in [2.45, 2.75) is 13.1 Å². The Balaban J connectivity index is 1.76. The topological polar surface area (TPSA) is 83.8 Å². The van der Waals surface area contributed by atoms with E-state index >= 15 is 0 Å². The van der Waals surface area contributed by atoms with Gasteiger partial charge in [-0.3, -0.25) is 4.79 Å². The zero-order chi connectivity index (χ0) is 24.1. The maximum absolute atomic E-state index is 12.9. The molecule has 4 aromatic rings. The van der Waals surface area contributed by atoms with E-state index in [0.717, 1.165) is 16.6 Å². The van der Waals surface area contributed by atoms with Crippen LogP contribution in [0.25, 0.3) is 22.4 Å². The van der Waals surface area contributed by atoms with Crippen molar-refractivity contribution < 1.29 is 23.7 Å². The zero-order valence-electron chi connectivity index (χ0n) is 19.6. The lowest BCUT2D eigenvalue weighted by atomic mass is 10.1. The Morgan fingerprint density at radius 3 is 2.21 bits per heavy atom. The maximum Gasteiger partial charge on any atom is 0.240 e. The Morgan fingerprint density at radius 2 is 1.59 bits per heavy atom. The van der Waals surface area contributed by atoms with Crippen molar-refractivity contribution in [1.29, 1.82) is 0 Å². The third kappa shape index (κ3) is 4.61. The molecule has 0 aliphatic heterocycles. The molecule has 0 saturated heterocycles. The molecule has 1 N–H and O–H groups in total. The molecule has 1 aromatic heterocycles. The number of methoxy groups -OCH3 is 4. The van der Waals surface area contributed by atoms with Crippen LogP contribution < -0.4 is 24.3 Å². The standard InChI is InChI=1S/C26H27N3O5/c1-31-19-10-11-21-20(14-19)28-26(18-12-22(32-2)25(34-4)23(13-18)33-3)29(21)16-24(30)27-15-17-8-6-5-7-9-17/h5-14H,15-16H2,1-4H3,(H,27,30). The predicted octanol–water partition coefficient (Wildman–Crippen LogP) is 4.05. The van der Waals surface area contributed by atoms with E-state index in [2.05, 4.69) is 5.32 Å². The Hall–Kier alpha value is -4.20. The molecule has 0 aliphatic carbocycles. The summed E-state index contributed by atoms with van der Waals surface area (Å²) in [6.45, 7) is 0.529. The number of benzene rings is 3. The van der Waals surface area contributed by atoms with Gasteiger partial charge in [0.25, 0.3) is 0 Å². The van der Waals surface area contributed by atoms with Crippen LogP contribution in [0.15, 0.2) is 60.7 Å². The second kappa shape index (κ2) is 10.2. The number of fused-ring (bicyclic) bond motifs is 1. The number of carbonyl (C=O) groups is 1. The lowest BCUT2D eigenvalue weighted by Crippen LogP contribution is -2.27. The molecule has 0 radical (unpaired) electrons. The SMILES string of the molecule is COc1ccc2c(c1)nc(-c1cc(OC)c(OC)c(OC)c1)n2CC(=O)NCc1ccccc1. The number of hydrogen-bond donors (Lipinski definition) is 1. The summed E-state index contributed by atoms with van der Waals surface area (Å²) < 4.78 is 23.7. The fourth-order valence-corrected chi connectivity index (χ4v) is 3.82. The van der Waals surface area contributed by atoms with Crippen molar-refractivity contribution in [3.05, 3.63) is 66.2 Å². The highest BCUT2D eigenvalue weighted by atomic mass is 16.5. The number of amides is 1. The molecule has 0 aliphatic rings. The van der Waals surface area contributed by atoms with E-state index in [-0.39, 0.29) is 12.5 Å². The first-order chi connectivity index (χ1) is 16.6. The smallest absolute Gasteiger partial charge is 0.240 e. The number of rotatable bonds is 9. The van der Waals surface area contributed by atoms with E-state index in [1.54, 1.807) is 28.4 Å². The number of nitrogens with zero attached hydrogens (tertiary/aromatic N) is 2. The maximum atomic E-state index is 12.9. The molecule has 3 aromatic carbocycles. The van der Waals surface area contributed by atoms with Crippen molar-refractivity contribution >= 4 is 16.9 Å². The Bertz CT molecular complexity index is 1280. The summed E-state index contributed by atoms with van der Waals surface area (Å²) in [7, 11) is 6.28. The average molecular weight is 462 g/mol. The molecule has 1 heterocycles. The fourth-order valence-electron chi connectivity index (χ4n) is 3.82. The molecule has 1 amide bonds. The molecule has 4 rings (SSSR count). The van der Waals surface area contributed by atoms with Crippen molar-refractivity contribution in [3.8, 4) is 34.4 Å². The summed E-state index contributed by atoms with van der Waals surface area (Å²) in [6, 6.07) is 19.0. The first-order valence-electron chi connectivity index (χ1n) is 10.7. The van der Waals surface area contributed by atoms with Crippen LogP contribution in [0, 0.1) is 0 Å². The molecule has 0 atom stereocenters. The van der Waals surface area contributed by atoms with Crippen LogP contribution in [0.1, 0.15) is 5.56 Å². The molecule has 0 saturated carbocycles. The van der Waals surface area contributed by atoms with Crippen LogP contribution in [-0.4, -0.2) is 43.9 Å². The van der Waals surface area contributed by atoms with Crippen LogP contribution in [-0.2, 0) is 17.9 Å². The van der Waals surface area contributed by atoms with Gasteiger partial charge in [0.2, 0.25) is 11.7 Å². The number of carbonyl (C=O) groups excluding carboxylic acids is 1. The number of imidazole rings is 1. The Morgan fingerprint density at radius 1 is 0.882 bits per heavy atom. The summed E-state index contributed by atoms with van der Waals surface area (Å²) >= 11 is 0. The third-order valence-corrected chi connectivity index (χ3v) is 5.51. The second-order valence-corrected chi connectivity index (χ2v) is 7.55. The summed E-state index contributed by atoms with van der Waals surface area (Å²) in [5, 5.41) is 2.98. The number of ether oxygens (including phenoxy) is 4. The van der Waals surface area contributed by atoms with Crippen LogP contribution in [0.3, 0.4) is 0 Å². The molecule has 0 spiro atoms. The van der Waals surface area contributed by atoms with Crippen molar-refractivity contribution in [2.75, 3.05) is 28.4 Å². The number of hydrogen-bond acceptors (Lipinski definition) is 6. The minimum absolute atomic E-state index is 0.0850. The molecular weight excluding hydrogens is 434 g/mol. The molecule has 0 bridgehead atoms. The molecule has 176 valence electrons. The molecule has 0 unspecified atom stereocenters. The average Bonchev–Trinajstić information content (AvgIpc) is 3.24. The van der Waals surface area contributed by atoms with E-state index in [9.17, 15) is 4.79 Å². The van der Waals surface area contributed by atoms with Crippen LogP contribution in [0.5, 0.6) is 23.0 Å². The largest absolute Gasteiger partial charge is 0.497 e. The normalized spacial score (nSPS) is 10.7. The minimum Gasteiger partial charge on any atom is -0.497 e. The van der Waals surface area contributed by atoms with E-state index in [1.165, 1.54) is 0 Å². The quantitative estimate of drug-likeness (QED) is 0.405. The van der Waals surface area contributed by atoms with E-state index in [1.807, 2.05) is 65.2 Å². The predicted molar refractivity (Wildman–Crippen MR) is 130 cm³/mol. The minimum atomic E-state index is -0.132. The highest BCUT2D eigenvalue weighted by Crippen LogP contribution is 2.41. The van der Waals surface area contributed by atoms with Crippen molar-refractivity contribution in [3.63, 3.8) is 0 Å². The van der Waals surface area contributed by atoms with Gasteiger partial charge in [0.15, 0.2) is 11.5 Å². The van der Waals surface area contributed by atoms with Gasteiger partial charge in [-0.2, -0.15) is 0 Å². The van der Waals surface area contributed by atoms with Gasteiger partial charge >= 0.3 is 0 Å². The van der Waals surface area contributed by atoms with Crippen molar-refractivity contribution in [2.24, 2.45) is 0 Å². The summed E-state index contributed by atoms with van der Waals surface area (Å²) in [5.41, 5.74) is 3.26. The van der Waals surface area contributed by atoms with Gasteiger partial charge in [0, 0.05) is 18.2 Å². The molecule has 34 heavy (non-hydrogen) atoms. The van der Waals surface area contributed by atoms with Gasteiger partial charge < -0.3 is 28.8 Å². The van der Waals surface area contributed by atoms with Crippen LogP contribution in [0.2, 0.25) is 0 Å². The van der Waals surface area contributed by atoms with E-state index < -0.39 is 0 Å². The monoisotopic (exact) mass is 461 g/mol. The number of nitrogens with one attached hydrogen (secondary N) is 1. The zero-order valence-corrected chi connectivity index (χ0v) is 19.6. The van der Waals surface area contributed by atoms with E-state index in [0.29, 0.717) is 40.9 Å². The third-order valence-electron chi connectivity index (χ3n) is 5.51. The Labute approximate surface area is 198 Å². The molecule has 8 heteroatoms. The lowest BCUT2D eigenvalue weighted by Gasteiger charge is -2.15. The van der Waals surface area contributed by atoms with Crippen LogP contribution in [0.4, 0.5) is 0 Å². The summed E-state index contributed by atoms with van der Waals surface area (Å²) in [5.74, 6) is 2.63. The summed E-state index contributed by atoms with van der Waals surface area (Å²) in [6.07, 6.45) is 0. The summed E-state index contributed by atoms with van der Waals surface area (Å²) in [4.78, 5) is 17.7. The van der Waals surface area contributed by atoms with Gasteiger partial charge in [-0.1, -0.05) is 30.3 Å². The van der Waals surface area contributed by atoms with Crippen LogP contribution >= 0.6 is 0 Å². The highest BCUT2D eigenvalue weighted by Gasteiger charge is 2.20. The second-order valence-electron chi connectivity index (χ2n) is 7.55. The van der Waals surface area contributed by atoms with E-state index in [4.69, 9.17) is 23.9 Å². The lowest BCUT2D eigenvalue weighted by molar-refractivity contribution is -0.121. The highest BCUT2D eigenvalue weighted by molar-refractivity contribution is 5.86. The van der Waals surface area contributed by atoms with Gasteiger partial charge in [0.05, 0.1) is 39.5 Å². The van der Waals surface area contributed by atoms with Gasteiger partial charge in [-0.25, -0.2) is 4.98 Å². The molecule has 0 fully saturated rings. The first kappa shape index (κ1) is 23.0. The van der Waals surface area contributed by atoms with Crippen molar-refractivity contribution in [1.82, 2.24) is 14.9 Å². The first-order valence-corrected chi connectivity index (χ1v) is 10.7. The number of aromatic nitrogens is 2. The fraction of sp³-hybridized carbons (Fsp3) is 0.231. The van der Waals surface area contributed by atoms with Gasteiger partial charge in [-0.15, -0.1) is 0 Å². The molecule has 8 nitrogen and oxygen atoms in total.